The second-order valence-electron chi connectivity index (χ2n) is 8.16. The lowest BCUT2D eigenvalue weighted by Gasteiger charge is -2.19. The van der Waals surface area contributed by atoms with Crippen LogP contribution in [0.2, 0.25) is 0 Å². The lowest BCUT2D eigenvalue weighted by molar-refractivity contribution is 0.289. The van der Waals surface area contributed by atoms with Crippen molar-refractivity contribution >= 4 is 21.6 Å². The molecule has 0 spiro atoms. The van der Waals surface area contributed by atoms with E-state index < -0.39 is 9.84 Å². The largest absolute Gasteiger partial charge is 0.303 e. The van der Waals surface area contributed by atoms with Gasteiger partial charge in [0, 0.05) is 37.2 Å². The van der Waals surface area contributed by atoms with Crippen LogP contribution in [0.3, 0.4) is 0 Å². The average molecular weight is 471 g/mol. The van der Waals surface area contributed by atoms with E-state index in [4.69, 9.17) is 0 Å². The fourth-order valence-electron chi connectivity index (χ4n) is 4.14. The maximum Gasteiger partial charge on any atom is 0.191 e. The first kappa shape index (κ1) is 23.0. The molecule has 8 heteroatoms. The van der Waals surface area contributed by atoms with Gasteiger partial charge >= 0.3 is 0 Å². The fraction of sp³-hybridized carbons (Fsp3) is 0.417. The van der Waals surface area contributed by atoms with E-state index in [9.17, 15) is 8.42 Å². The molecule has 0 saturated heterocycles. The summed E-state index contributed by atoms with van der Waals surface area (Å²) >= 11 is 1.77. The molecule has 3 aromatic rings. The average Bonchev–Trinajstić information content (AvgIpc) is 3.09. The SMILES string of the molecule is CCn1c(SCCCN2CCc3ccc(S(C)(=O)=O)cc3CC2)nnc1-c1ccccc1. The van der Waals surface area contributed by atoms with E-state index in [0.717, 1.165) is 67.7 Å². The maximum atomic E-state index is 11.9. The standard InChI is InChI=1S/C24H30N4O2S2/c1-3-28-23(20-8-5-4-6-9-20)25-26-24(28)31-17-7-14-27-15-12-19-10-11-22(32(2,29)30)18-21(19)13-16-27/h4-6,8-11,18H,3,7,12-17H2,1-2H3. The normalized spacial score (nSPS) is 14.8. The number of hydrogen-bond acceptors (Lipinski definition) is 6. The van der Waals surface area contributed by atoms with Gasteiger partial charge in [0.2, 0.25) is 0 Å². The summed E-state index contributed by atoms with van der Waals surface area (Å²) < 4.78 is 25.9. The van der Waals surface area contributed by atoms with Crippen LogP contribution in [-0.2, 0) is 29.2 Å². The van der Waals surface area contributed by atoms with E-state index in [0.29, 0.717) is 4.90 Å². The van der Waals surface area contributed by atoms with Gasteiger partial charge in [-0.05, 0) is 56.0 Å². The van der Waals surface area contributed by atoms with E-state index in [1.54, 1.807) is 17.8 Å². The Morgan fingerprint density at radius 3 is 2.47 bits per heavy atom. The van der Waals surface area contributed by atoms with Gasteiger partial charge in [-0.25, -0.2) is 8.42 Å². The van der Waals surface area contributed by atoms with E-state index in [1.165, 1.54) is 17.4 Å². The van der Waals surface area contributed by atoms with Gasteiger partial charge in [-0.2, -0.15) is 0 Å². The molecule has 0 fully saturated rings. The Morgan fingerprint density at radius 1 is 1.00 bits per heavy atom. The minimum Gasteiger partial charge on any atom is -0.303 e. The molecule has 0 atom stereocenters. The zero-order valence-corrected chi connectivity index (χ0v) is 20.3. The summed E-state index contributed by atoms with van der Waals surface area (Å²) in [5.74, 6) is 1.92. The molecule has 0 radical (unpaired) electrons. The molecule has 0 N–H and O–H groups in total. The van der Waals surface area contributed by atoms with Crippen molar-refractivity contribution in [2.24, 2.45) is 0 Å². The van der Waals surface area contributed by atoms with E-state index in [-0.39, 0.29) is 0 Å². The molecule has 0 saturated carbocycles. The molecule has 1 aromatic heterocycles. The molecule has 1 aliphatic rings. The molecule has 0 aliphatic carbocycles. The highest BCUT2D eigenvalue weighted by atomic mass is 32.2. The van der Waals surface area contributed by atoms with Crippen molar-refractivity contribution in [2.75, 3.05) is 31.6 Å². The lowest BCUT2D eigenvalue weighted by atomic mass is 10.0. The topological polar surface area (TPSA) is 68.1 Å². The van der Waals surface area contributed by atoms with Crippen molar-refractivity contribution in [3.05, 3.63) is 59.7 Å². The summed E-state index contributed by atoms with van der Waals surface area (Å²) in [5, 5.41) is 9.83. The van der Waals surface area contributed by atoms with Crippen molar-refractivity contribution < 1.29 is 8.42 Å². The molecule has 0 bridgehead atoms. The Bertz CT molecular complexity index is 1160. The first-order chi connectivity index (χ1) is 15.5. The van der Waals surface area contributed by atoms with Crippen molar-refractivity contribution in [1.82, 2.24) is 19.7 Å². The number of rotatable bonds is 8. The number of thioether (sulfide) groups is 1. The minimum atomic E-state index is -3.16. The molecule has 6 nitrogen and oxygen atoms in total. The third-order valence-corrected chi connectivity index (χ3v) is 8.08. The summed E-state index contributed by atoms with van der Waals surface area (Å²) in [7, 11) is -3.16. The van der Waals surface area contributed by atoms with Crippen LogP contribution >= 0.6 is 11.8 Å². The first-order valence-corrected chi connectivity index (χ1v) is 14.0. The highest BCUT2D eigenvalue weighted by Crippen LogP contribution is 2.25. The van der Waals surface area contributed by atoms with Gasteiger partial charge in [0.15, 0.2) is 20.8 Å². The third kappa shape index (κ3) is 5.42. The molecule has 32 heavy (non-hydrogen) atoms. The molecule has 1 aliphatic heterocycles. The van der Waals surface area contributed by atoms with Crippen LogP contribution in [0.25, 0.3) is 11.4 Å². The maximum absolute atomic E-state index is 11.9. The Hall–Kier alpha value is -2.16. The Balaban J connectivity index is 1.30. The van der Waals surface area contributed by atoms with Gasteiger partial charge in [-0.1, -0.05) is 48.2 Å². The van der Waals surface area contributed by atoms with Crippen LogP contribution in [0.4, 0.5) is 0 Å². The number of sulfone groups is 1. The van der Waals surface area contributed by atoms with Crippen LogP contribution in [-0.4, -0.2) is 59.7 Å². The second kappa shape index (κ2) is 10.2. The number of benzene rings is 2. The summed E-state index contributed by atoms with van der Waals surface area (Å²) in [5.41, 5.74) is 3.55. The summed E-state index contributed by atoms with van der Waals surface area (Å²) in [4.78, 5) is 2.91. The fourth-order valence-corrected chi connectivity index (χ4v) is 5.73. The highest BCUT2D eigenvalue weighted by Gasteiger charge is 2.17. The highest BCUT2D eigenvalue weighted by molar-refractivity contribution is 7.99. The van der Waals surface area contributed by atoms with E-state index >= 15 is 0 Å². The third-order valence-electron chi connectivity index (χ3n) is 5.92. The lowest BCUT2D eigenvalue weighted by Crippen LogP contribution is -2.27. The van der Waals surface area contributed by atoms with Crippen molar-refractivity contribution in [2.45, 2.75) is 42.8 Å². The molecule has 2 heterocycles. The van der Waals surface area contributed by atoms with Gasteiger partial charge < -0.3 is 9.47 Å². The summed E-state index contributed by atoms with van der Waals surface area (Å²) in [6.45, 7) is 5.99. The van der Waals surface area contributed by atoms with Crippen LogP contribution in [0, 0.1) is 0 Å². The monoisotopic (exact) mass is 470 g/mol. The van der Waals surface area contributed by atoms with Gasteiger partial charge in [0.05, 0.1) is 4.90 Å². The van der Waals surface area contributed by atoms with Crippen molar-refractivity contribution in [3.8, 4) is 11.4 Å². The quantitative estimate of drug-likeness (QED) is 0.367. The Morgan fingerprint density at radius 2 is 1.75 bits per heavy atom. The molecular formula is C24H30N4O2S2. The van der Waals surface area contributed by atoms with Gasteiger partial charge in [0.25, 0.3) is 0 Å². The predicted molar refractivity (Wildman–Crippen MR) is 130 cm³/mol. The van der Waals surface area contributed by atoms with E-state index in [1.807, 2.05) is 30.3 Å². The number of nitrogens with zero attached hydrogens (tertiary/aromatic N) is 4. The van der Waals surface area contributed by atoms with Gasteiger partial charge in [-0.3, -0.25) is 0 Å². The minimum absolute atomic E-state index is 0.427. The van der Waals surface area contributed by atoms with Gasteiger partial charge in [-0.15, -0.1) is 10.2 Å². The number of fused-ring (bicyclic) bond motifs is 1. The molecular weight excluding hydrogens is 440 g/mol. The number of hydrogen-bond donors (Lipinski definition) is 0. The number of aromatic nitrogens is 3. The Labute approximate surface area is 195 Å². The summed E-state index contributed by atoms with van der Waals surface area (Å²) in [6.07, 6.45) is 4.22. The second-order valence-corrected chi connectivity index (χ2v) is 11.2. The zero-order valence-electron chi connectivity index (χ0n) is 18.7. The van der Waals surface area contributed by atoms with Crippen LogP contribution in [0.1, 0.15) is 24.5 Å². The van der Waals surface area contributed by atoms with Crippen LogP contribution < -0.4 is 0 Å². The molecule has 2 aromatic carbocycles. The smallest absolute Gasteiger partial charge is 0.191 e. The van der Waals surface area contributed by atoms with E-state index in [2.05, 4.69) is 38.7 Å². The Kier molecular flexibility index (Phi) is 7.33. The molecule has 0 unspecified atom stereocenters. The molecule has 4 rings (SSSR count). The summed E-state index contributed by atoms with van der Waals surface area (Å²) in [6, 6.07) is 15.8. The van der Waals surface area contributed by atoms with Crippen LogP contribution in [0.5, 0.6) is 0 Å². The zero-order chi connectivity index (χ0) is 22.6. The van der Waals surface area contributed by atoms with Crippen molar-refractivity contribution in [3.63, 3.8) is 0 Å². The first-order valence-electron chi connectivity index (χ1n) is 11.1. The van der Waals surface area contributed by atoms with Crippen LogP contribution in [0.15, 0.2) is 58.6 Å². The molecule has 170 valence electrons. The molecule has 0 amide bonds. The van der Waals surface area contributed by atoms with Gasteiger partial charge in [0.1, 0.15) is 0 Å². The van der Waals surface area contributed by atoms with Crippen molar-refractivity contribution in [1.29, 1.82) is 0 Å². The predicted octanol–water partition coefficient (Wildman–Crippen LogP) is 3.95.